The molecule has 4 rings (SSSR count). The number of likely N-dealkylation sites (tertiary alicyclic amines) is 1. The van der Waals surface area contributed by atoms with Crippen LogP contribution in [0.15, 0.2) is 66.7 Å². The fourth-order valence-electron chi connectivity index (χ4n) is 5.80. The largest absolute Gasteiger partial charge is 0.384 e. The van der Waals surface area contributed by atoms with E-state index in [4.69, 9.17) is 6.42 Å². The molecular formula is C34H42N2. The zero-order valence-electron chi connectivity index (χ0n) is 22.6. The van der Waals surface area contributed by atoms with Gasteiger partial charge in [0, 0.05) is 29.3 Å². The van der Waals surface area contributed by atoms with Crippen LogP contribution in [0.5, 0.6) is 0 Å². The molecule has 1 N–H and O–H groups in total. The third-order valence-corrected chi connectivity index (χ3v) is 8.07. The summed E-state index contributed by atoms with van der Waals surface area (Å²) in [5.41, 5.74) is 8.74. The minimum absolute atomic E-state index is 0.123. The van der Waals surface area contributed by atoms with Crippen molar-refractivity contribution < 1.29 is 0 Å². The summed E-state index contributed by atoms with van der Waals surface area (Å²) < 4.78 is 0. The highest BCUT2D eigenvalue weighted by Gasteiger charge is 2.37. The van der Waals surface area contributed by atoms with Gasteiger partial charge in [0.15, 0.2) is 0 Å². The average molecular weight is 479 g/mol. The second-order valence-electron chi connectivity index (χ2n) is 10.8. The average Bonchev–Trinajstić information content (AvgIpc) is 2.90. The number of benzene rings is 3. The maximum Gasteiger partial charge on any atom is 0.0345 e. The lowest BCUT2D eigenvalue weighted by Crippen LogP contribution is -2.49. The van der Waals surface area contributed by atoms with Crippen molar-refractivity contribution in [3.63, 3.8) is 0 Å². The Morgan fingerprint density at radius 3 is 2.28 bits per heavy atom. The van der Waals surface area contributed by atoms with Crippen LogP contribution in [0.4, 0.5) is 5.69 Å². The van der Waals surface area contributed by atoms with Gasteiger partial charge in [-0.15, -0.1) is 6.42 Å². The molecule has 1 aliphatic heterocycles. The highest BCUT2D eigenvalue weighted by molar-refractivity contribution is 5.66. The Bertz CT molecular complexity index is 1160. The SMILES string of the molecule is C#Cc1cccc(-c2ccc(C3(CNc4cc(C)cc(C)c4)CCN(C(C)CCCC)CC3)cc2)c1. The molecule has 1 atom stereocenters. The van der Waals surface area contributed by atoms with Crippen molar-refractivity contribution in [1.82, 2.24) is 4.90 Å². The van der Waals surface area contributed by atoms with Crippen molar-refractivity contribution in [2.24, 2.45) is 0 Å². The number of nitrogens with zero attached hydrogens (tertiary/aromatic N) is 1. The van der Waals surface area contributed by atoms with E-state index in [1.807, 2.05) is 12.1 Å². The predicted molar refractivity (Wildman–Crippen MR) is 156 cm³/mol. The monoisotopic (exact) mass is 478 g/mol. The third kappa shape index (κ3) is 6.21. The first kappa shape index (κ1) is 26.1. The first-order valence-electron chi connectivity index (χ1n) is 13.7. The lowest BCUT2D eigenvalue weighted by Gasteiger charge is -2.44. The minimum atomic E-state index is 0.123. The number of hydrogen-bond acceptors (Lipinski definition) is 2. The van der Waals surface area contributed by atoms with Crippen LogP contribution in [0.1, 0.15) is 68.2 Å². The fraction of sp³-hybridized carbons (Fsp3) is 0.412. The Kier molecular flexibility index (Phi) is 8.55. The first-order chi connectivity index (χ1) is 17.4. The van der Waals surface area contributed by atoms with Gasteiger partial charge in [0.1, 0.15) is 0 Å². The third-order valence-electron chi connectivity index (χ3n) is 8.07. The lowest BCUT2D eigenvalue weighted by molar-refractivity contribution is 0.120. The molecular weight excluding hydrogens is 436 g/mol. The summed E-state index contributed by atoms with van der Waals surface area (Å²) in [6.45, 7) is 12.3. The summed E-state index contributed by atoms with van der Waals surface area (Å²) in [6.07, 6.45) is 11.9. The lowest BCUT2D eigenvalue weighted by atomic mass is 9.72. The molecule has 0 saturated carbocycles. The maximum atomic E-state index is 5.63. The molecule has 0 spiro atoms. The number of aryl methyl sites for hydroxylation is 2. The molecule has 0 aliphatic carbocycles. The molecule has 1 heterocycles. The second kappa shape index (κ2) is 11.8. The molecule has 1 aliphatic rings. The maximum absolute atomic E-state index is 5.63. The molecule has 0 bridgehead atoms. The Morgan fingerprint density at radius 1 is 0.944 bits per heavy atom. The number of terminal acetylenes is 1. The highest BCUT2D eigenvalue weighted by Crippen LogP contribution is 2.38. The summed E-state index contributed by atoms with van der Waals surface area (Å²) in [7, 11) is 0. The van der Waals surface area contributed by atoms with E-state index >= 15 is 0 Å². The molecule has 36 heavy (non-hydrogen) atoms. The van der Waals surface area contributed by atoms with Crippen molar-refractivity contribution >= 4 is 5.69 Å². The quantitative estimate of drug-likeness (QED) is 0.314. The number of hydrogen-bond donors (Lipinski definition) is 1. The molecule has 2 nitrogen and oxygen atoms in total. The van der Waals surface area contributed by atoms with Crippen LogP contribution in [0.3, 0.4) is 0 Å². The number of unbranched alkanes of at least 4 members (excludes halogenated alkanes) is 1. The molecule has 3 aromatic rings. The number of rotatable bonds is 9. The van der Waals surface area contributed by atoms with Crippen molar-refractivity contribution in [2.75, 3.05) is 25.0 Å². The Balaban J connectivity index is 1.57. The first-order valence-corrected chi connectivity index (χ1v) is 13.7. The summed E-state index contributed by atoms with van der Waals surface area (Å²) in [4.78, 5) is 2.71. The highest BCUT2D eigenvalue weighted by atomic mass is 15.2. The van der Waals surface area contributed by atoms with E-state index in [1.54, 1.807) is 0 Å². The molecule has 2 heteroatoms. The van der Waals surface area contributed by atoms with E-state index in [-0.39, 0.29) is 5.41 Å². The van der Waals surface area contributed by atoms with Gasteiger partial charge in [0.05, 0.1) is 0 Å². The standard InChI is InChI=1S/C34H42N2/c1-6-8-10-28(5)36-19-17-34(18-20-36,25-35-33-22-26(3)21-27(4)23-33)32-15-13-30(14-16-32)31-12-9-11-29(7-2)24-31/h2,9,11-16,21-24,28,35H,6,8,10,17-20,25H2,1,3-5H3. The van der Waals surface area contributed by atoms with E-state index in [0.29, 0.717) is 6.04 Å². The number of nitrogens with one attached hydrogen (secondary N) is 1. The molecule has 1 unspecified atom stereocenters. The van der Waals surface area contributed by atoms with Gasteiger partial charge in [0.25, 0.3) is 0 Å². The normalized spacial score (nSPS) is 16.3. The Morgan fingerprint density at radius 2 is 1.64 bits per heavy atom. The van der Waals surface area contributed by atoms with Gasteiger partial charge >= 0.3 is 0 Å². The Labute approximate surface area is 219 Å². The van der Waals surface area contributed by atoms with Crippen LogP contribution in [0, 0.1) is 26.2 Å². The molecule has 0 amide bonds. The zero-order valence-corrected chi connectivity index (χ0v) is 22.6. The molecule has 1 fully saturated rings. The minimum Gasteiger partial charge on any atom is -0.384 e. The summed E-state index contributed by atoms with van der Waals surface area (Å²) in [5, 5.41) is 3.83. The Hall–Kier alpha value is -3.02. The van der Waals surface area contributed by atoms with Crippen LogP contribution in [0.25, 0.3) is 11.1 Å². The topological polar surface area (TPSA) is 15.3 Å². The second-order valence-corrected chi connectivity index (χ2v) is 10.8. The summed E-state index contributed by atoms with van der Waals surface area (Å²) in [6, 6.07) is 25.0. The van der Waals surface area contributed by atoms with Crippen LogP contribution in [-0.4, -0.2) is 30.6 Å². The van der Waals surface area contributed by atoms with E-state index < -0.39 is 0 Å². The van der Waals surface area contributed by atoms with Crippen molar-refractivity contribution in [2.45, 2.75) is 71.3 Å². The zero-order chi connectivity index (χ0) is 25.5. The summed E-state index contributed by atoms with van der Waals surface area (Å²) >= 11 is 0. The smallest absolute Gasteiger partial charge is 0.0345 e. The molecule has 0 aromatic heterocycles. The van der Waals surface area contributed by atoms with Crippen LogP contribution < -0.4 is 5.32 Å². The van der Waals surface area contributed by atoms with Gasteiger partial charge in [-0.05, 0) is 105 Å². The van der Waals surface area contributed by atoms with E-state index in [0.717, 1.165) is 25.2 Å². The van der Waals surface area contributed by atoms with Crippen molar-refractivity contribution in [3.05, 3.63) is 89.0 Å². The summed E-state index contributed by atoms with van der Waals surface area (Å²) in [5.74, 6) is 2.76. The van der Waals surface area contributed by atoms with Crippen molar-refractivity contribution in [3.8, 4) is 23.5 Å². The number of piperidine rings is 1. The van der Waals surface area contributed by atoms with E-state index in [2.05, 4.69) is 98.4 Å². The molecule has 188 valence electrons. The van der Waals surface area contributed by atoms with Gasteiger partial charge in [-0.3, -0.25) is 0 Å². The molecule has 1 saturated heterocycles. The van der Waals surface area contributed by atoms with Gasteiger partial charge in [-0.2, -0.15) is 0 Å². The van der Waals surface area contributed by atoms with E-state index in [9.17, 15) is 0 Å². The van der Waals surface area contributed by atoms with Gasteiger partial charge in [-0.1, -0.05) is 68.2 Å². The van der Waals surface area contributed by atoms with E-state index in [1.165, 1.54) is 65.6 Å². The fourth-order valence-corrected chi connectivity index (χ4v) is 5.80. The van der Waals surface area contributed by atoms with Crippen molar-refractivity contribution in [1.29, 1.82) is 0 Å². The van der Waals surface area contributed by atoms with Gasteiger partial charge in [0.2, 0.25) is 0 Å². The predicted octanol–water partition coefficient (Wildman–Crippen LogP) is 7.98. The van der Waals surface area contributed by atoms with Crippen LogP contribution in [0.2, 0.25) is 0 Å². The molecule has 0 radical (unpaired) electrons. The molecule has 3 aromatic carbocycles. The number of anilines is 1. The van der Waals surface area contributed by atoms with Crippen LogP contribution >= 0.6 is 0 Å². The van der Waals surface area contributed by atoms with Gasteiger partial charge < -0.3 is 10.2 Å². The van der Waals surface area contributed by atoms with Gasteiger partial charge in [-0.25, -0.2) is 0 Å². The van der Waals surface area contributed by atoms with Crippen LogP contribution in [-0.2, 0) is 5.41 Å².